The number of nitrogens with zero attached hydrogens (tertiary/aromatic N) is 4. The van der Waals surface area contributed by atoms with E-state index in [4.69, 9.17) is 0 Å². The van der Waals surface area contributed by atoms with Gasteiger partial charge in [0.05, 0.1) is 5.92 Å². The number of pyridine rings is 1. The summed E-state index contributed by atoms with van der Waals surface area (Å²) >= 11 is 0. The number of piperidine rings is 1. The van der Waals surface area contributed by atoms with E-state index in [0.717, 1.165) is 42.2 Å². The van der Waals surface area contributed by atoms with Crippen LogP contribution in [0.5, 0.6) is 0 Å². The molecule has 134 valence electrons. The Hall–Kier alpha value is -2.89. The third kappa shape index (κ3) is 3.27. The van der Waals surface area contributed by atoms with Crippen molar-refractivity contribution in [2.75, 3.05) is 18.0 Å². The monoisotopic (exact) mass is 349 g/mol. The van der Waals surface area contributed by atoms with Crippen LogP contribution in [0.25, 0.3) is 5.65 Å². The molecule has 1 aliphatic heterocycles. The Morgan fingerprint density at radius 3 is 2.85 bits per heavy atom. The first-order valence-corrected chi connectivity index (χ1v) is 9.10. The van der Waals surface area contributed by atoms with Crippen molar-refractivity contribution >= 4 is 17.5 Å². The van der Waals surface area contributed by atoms with Crippen molar-refractivity contribution in [2.24, 2.45) is 5.92 Å². The number of aryl methyl sites for hydroxylation is 1. The number of aromatic nitrogens is 3. The summed E-state index contributed by atoms with van der Waals surface area (Å²) in [6.45, 7) is 4.20. The molecule has 1 saturated heterocycles. The standard InChI is InChI=1S/C20H23N5O/c1-15-7-5-11-18-22-23-20(25(15)18)24-12-6-10-17(14-24)19(26)21-13-16-8-3-2-4-9-16/h2-5,7-9,11,17H,6,10,12-14H2,1H3,(H,21,26)/t17-/m0/s1. The summed E-state index contributed by atoms with van der Waals surface area (Å²) in [7, 11) is 0. The number of benzene rings is 1. The quantitative estimate of drug-likeness (QED) is 0.786. The van der Waals surface area contributed by atoms with Gasteiger partial charge in [-0.2, -0.15) is 0 Å². The van der Waals surface area contributed by atoms with E-state index in [9.17, 15) is 4.79 Å². The van der Waals surface area contributed by atoms with E-state index in [-0.39, 0.29) is 11.8 Å². The van der Waals surface area contributed by atoms with Gasteiger partial charge in [-0.3, -0.25) is 9.20 Å². The minimum atomic E-state index is -0.0242. The summed E-state index contributed by atoms with van der Waals surface area (Å²) in [6, 6.07) is 16.0. The Morgan fingerprint density at radius 2 is 2.00 bits per heavy atom. The first kappa shape index (κ1) is 16.6. The number of hydrogen-bond donors (Lipinski definition) is 1. The molecular formula is C20H23N5O. The van der Waals surface area contributed by atoms with E-state index in [0.29, 0.717) is 13.1 Å². The second-order valence-electron chi connectivity index (χ2n) is 6.85. The number of rotatable bonds is 4. The molecule has 3 heterocycles. The third-order valence-corrected chi connectivity index (χ3v) is 4.99. The van der Waals surface area contributed by atoms with Crippen LogP contribution in [-0.2, 0) is 11.3 Å². The molecule has 1 aromatic carbocycles. The summed E-state index contributed by atoms with van der Waals surface area (Å²) in [4.78, 5) is 14.8. The Kier molecular flexibility index (Phi) is 4.56. The van der Waals surface area contributed by atoms with Crippen LogP contribution >= 0.6 is 0 Å². The Morgan fingerprint density at radius 1 is 1.15 bits per heavy atom. The van der Waals surface area contributed by atoms with Gasteiger partial charge in [0.1, 0.15) is 0 Å². The predicted molar refractivity (Wildman–Crippen MR) is 101 cm³/mol. The molecule has 0 saturated carbocycles. The zero-order chi connectivity index (χ0) is 17.9. The van der Waals surface area contributed by atoms with Gasteiger partial charge in [-0.25, -0.2) is 0 Å². The lowest BCUT2D eigenvalue weighted by molar-refractivity contribution is -0.125. The summed E-state index contributed by atoms with van der Waals surface area (Å²) < 4.78 is 2.06. The van der Waals surface area contributed by atoms with Crippen molar-refractivity contribution in [1.82, 2.24) is 19.9 Å². The zero-order valence-corrected chi connectivity index (χ0v) is 14.9. The smallest absolute Gasteiger partial charge is 0.231 e. The van der Waals surface area contributed by atoms with Crippen LogP contribution in [0, 0.1) is 12.8 Å². The normalized spacial score (nSPS) is 17.4. The van der Waals surface area contributed by atoms with Crippen molar-refractivity contribution in [3.8, 4) is 0 Å². The first-order chi connectivity index (χ1) is 12.7. The maximum absolute atomic E-state index is 12.6. The molecule has 2 aromatic heterocycles. The number of fused-ring (bicyclic) bond motifs is 1. The molecule has 6 nitrogen and oxygen atoms in total. The van der Waals surface area contributed by atoms with Crippen LogP contribution in [0.1, 0.15) is 24.1 Å². The van der Waals surface area contributed by atoms with Gasteiger partial charge in [-0.1, -0.05) is 36.4 Å². The number of nitrogens with one attached hydrogen (secondary N) is 1. The largest absolute Gasteiger partial charge is 0.352 e. The molecule has 1 N–H and O–H groups in total. The molecule has 1 atom stereocenters. The second-order valence-corrected chi connectivity index (χ2v) is 6.85. The van der Waals surface area contributed by atoms with Crippen molar-refractivity contribution < 1.29 is 4.79 Å². The lowest BCUT2D eigenvalue weighted by Gasteiger charge is -2.32. The molecule has 26 heavy (non-hydrogen) atoms. The van der Waals surface area contributed by atoms with E-state index >= 15 is 0 Å². The van der Waals surface area contributed by atoms with Gasteiger partial charge in [-0.15, -0.1) is 10.2 Å². The average Bonchev–Trinajstić information content (AvgIpc) is 3.13. The molecule has 6 heteroatoms. The van der Waals surface area contributed by atoms with E-state index < -0.39 is 0 Å². The molecule has 0 radical (unpaired) electrons. The second kappa shape index (κ2) is 7.15. The molecule has 0 aliphatic carbocycles. The van der Waals surface area contributed by atoms with Crippen molar-refractivity contribution in [2.45, 2.75) is 26.3 Å². The Balaban J connectivity index is 1.46. The van der Waals surface area contributed by atoms with Crippen LogP contribution in [0.3, 0.4) is 0 Å². The summed E-state index contributed by atoms with van der Waals surface area (Å²) in [5.41, 5.74) is 3.06. The van der Waals surface area contributed by atoms with Gasteiger partial charge in [-0.05, 0) is 37.5 Å². The van der Waals surface area contributed by atoms with Crippen LogP contribution in [0.4, 0.5) is 5.95 Å². The van der Waals surface area contributed by atoms with Crippen LogP contribution in [0.2, 0.25) is 0 Å². The number of carbonyl (C=O) groups is 1. The molecule has 0 unspecified atom stereocenters. The minimum absolute atomic E-state index is 0.0242. The SMILES string of the molecule is Cc1cccc2nnc(N3CCC[C@H](C(=O)NCc4ccccc4)C3)n12. The fourth-order valence-electron chi connectivity index (χ4n) is 3.59. The number of hydrogen-bond acceptors (Lipinski definition) is 4. The molecule has 0 spiro atoms. The highest BCUT2D eigenvalue weighted by molar-refractivity contribution is 5.79. The molecule has 0 bridgehead atoms. The van der Waals surface area contributed by atoms with Gasteiger partial charge in [0.15, 0.2) is 5.65 Å². The molecule has 3 aromatic rings. The van der Waals surface area contributed by atoms with E-state index in [1.165, 1.54) is 0 Å². The van der Waals surface area contributed by atoms with Crippen molar-refractivity contribution in [1.29, 1.82) is 0 Å². The molecule has 1 fully saturated rings. The molecule has 1 amide bonds. The molecule has 4 rings (SSSR count). The highest BCUT2D eigenvalue weighted by atomic mass is 16.1. The van der Waals surface area contributed by atoms with E-state index in [2.05, 4.69) is 24.8 Å². The van der Waals surface area contributed by atoms with Gasteiger partial charge in [0.25, 0.3) is 0 Å². The molecular weight excluding hydrogens is 326 g/mol. The van der Waals surface area contributed by atoms with E-state index in [1.54, 1.807) is 0 Å². The Labute approximate surface area is 152 Å². The van der Waals surface area contributed by atoms with Gasteiger partial charge >= 0.3 is 0 Å². The maximum Gasteiger partial charge on any atom is 0.231 e. The fourth-order valence-corrected chi connectivity index (χ4v) is 3.59. The summed E-state index contributed by atoms with van der Waals surface area (Å²) in [6.07, 6.45) is 1.89. The first-order valence-electron chi connectivity index (χ1n) is 9.10. The third-order valence-electron chi connectivity index (χ3n) is 4.99. The molecule has 1 aliphatic rings. The van der Waals surface area contributed by atoms with Gasteiger partial charge in [0.2, 0.25) is 11.9 Å². The zero-order valence-electron chi connectivity index (χ0n) is 14.9. The minimum Gasteiger partial charge on any atom is -0.352 e. The topological polar surface area (TPSA) is 62.5 Å². The highest BCUT2D eigenvalue weighted by Gasteiger charge is 2.28. The predicted octanol–water partition coefficient (Wildman–Crippen LogP) is 2.57. The van der Waals surface area contributed by atoms with Crippen molar-refractivity contribution in [3.05, 3.63) is 59.8 Å². The fraction of sp³-hybridized carbons (Fsp3) is 0.350. The highest BCUT2D eigenvalue weighted by Crippen LogP contribution is 2.23. The summed E-state index contributed by atoms with van der Waals surface area (Å²) in [5.74, 6) is 0.923. The number of anilines is 1. The van der Waals surface area contributed by atoms with Crippen LogP contribution in [-0.4, -0.2) is 33.6 Å². The Bertz CT molecular complexity index is 905. The lowest BCUT2D eigenvalue weighted by Crippen LogP contribution is -2.43. The summed E-state index contributed by atoms with van der Waals surface area (Å²) in [5, 5.41) is 11.7. The average molecular weight is 349 g/mol. The van der Waals surface area contributed by atoms with E-state index in [1.807, 2.05) is 55.5 Å². The van der Waals surface area contributed by atoms with Crippen LogP contribution in [0.15, 0.2) is 48.5 Å². The van der Waals surface area contributed by atoms with Gasteiger partial charge < -0.3 is 10.2 Å². The van der Waals surface area contributed by atoms with Crippen molar-refractivity contribution in [3.63, 3.8) is 0 Å². The van der Waals surface area contributed by atoms with Gasteiger partial charge in [0, 0.05) is 25.3 Å². The van der Waals surface area contributed by atoms with Crippen LogP contribution < -0.4 is 10.2 Å². The number of carbonyl (C=O) groups excluding carboxylic acids is 1. The lowest BCUT2D eigenvalue weighted by atomic mass is 9.97. The number of amides is 1. The maximum atomic E-state index is 12.6.